The van der Waals surface area contributed by atoms with Gasteiger partial charge < -0.3 is 14.9 Å². The molecule has 4 nitrogen and oxygen atoms in total. The topological polar surface area (TPSA) is 66.8 Å². The molecule has 2 aromatic carbocycles. The average molecular weight is 314 g/mol. The fourth-order valence-electron chi connectivity index (χ4n) is 2.65. The van der Waals surface area contributed by atoms with E-state index >= 15 is 0 Å². The molecule has 0 radical (unpaired) electrons. The van der Waals surface area contributed by atoms with Gasteiger partial charge in [0, 0.05) is 5.56 Å². The molecule has 0 amide bonds. The van der Waals surface area contributed by atoms with Crippen LogP contribution in [0.15, 0.2) is 30.3 Å². The summed E-state index contributed by atoms with van der Waals surface area (Å²) in [6, 6.07) is 8.86. The van der Waals surface area contributed by atoms with E-state index in [-0.39, 0.29) is 18.1 Å². The highest BCUT2D eigenvalue weighted by molar-refractivity contribution is 5.70. The van der Waals surface area contributed by atoms with Gasteiger partial charge in [-0.3, -0.25) is 4.79 Å². The Hall–Kier alpha value is -2.49. The first kappa shape index (κ1) is 16.9. The van der Waals surface area contributed by atoms with Crippen molar-refractivity contribution >= 4 is 5.97 Å². The van der Waals surface area contributed by atoms with Gasteiger partial charge >= 0.3 is 5.97 Å². The summed E-state index contributed by atoms with van der Waals surface area (Å²) < 4.78 is 5.99. The van der Waals surface area contributed by atoms with Crippen LogP contribution in [0.5, 0.6) is 17.2 Å². The van der Waals surface area contributed by atoms with Crippen LogP contribution in [0.25, 0.3) is 0 Å². The van der Waals surface area contributed by atoms with Crippen molar-refractivity contribution in [2.24, 2.45) is 0 Å². The Morgan fingerprint density at radius 1 is 1.13 bits per heavy atom. The molecule has 0 heterocycles. The van der Waals surface area contributed by atoms with E-state index in [1.54, 1.807) is 12.1 Å². The zero-order valence-corrected chi connectivity index (χ0v) is 13.9. The first-order valence-corrected chi connectivity index (χ1v) is 7.60. The highest BCUT2D eigenvalue weighted by Gasteiger charge is 2.12. The van der Waals surface area contributed by atoms with Gasteiger partial charge in [0.05, 0.1) is 6.42 Å². The van der Waals surface area contributed by atoms with Crippen LogP contribution >= 0.6 is 0 Å². The molecule has 2 rings (SSSR count). The minimum absolute atomic E-state index is 0.00132. The second kappa shape index (κ2) is 6.73. The van der Waals surface area contributed by atoms with Gasteiger partial charge in [-0.15, -0.1) is 0 Å². The van der Waals surface area contributed by atoms with E-state index in [1.807, 2.05) is 45.9 Å². The Morgan fingerprint density at radius 2 is 1.74 bits per heavy atom. The highest BCUT2D eigenvalue weighted by Crippen LogP contribution is 2.34. The molecule has 23 heavy (non-hydrogen) atoms. The number of ether oxygens (including phenoxy) is 1. The fourth-order valence-corrected chi connectivity index (χ4v) is 2.65. The number of aryl methyl sites for hydroxylation is 2. The average Bonchev–Trinajstić information content (AvgIpc) is 2.43. The number of carboxylic acid groups (broad SMARTS) is 1. The van der Waals surface area contributed by atoms with Crippen molar-refractivity contribution in [1.82, 2.24) is 0 Å². The number of rotatable bonds is 5. The summed E-state index contributed by atoms with van der Waals surface area (Å²) >= 11 is 0. The van der Waals surface area contributed by atoms with Gasteiger partial charge in [0.2, 0.25) is 0 Å². The molecular formula is C19H22O4. The lowest BCUT2D eigenvalue weighted by Gasteiger charge is -2.15. The molecule has 122 valence electrons. The number of aromatic hydroxyl groups is 1. The Balaban J connectivity index is 2.33. The monoisotopic (exact) mass is 314 g/mol. The molecule has 0 bridgehead atoms. The molecule has 0 unspecified atom stereocenters. The smallest absolute Gasteiger partial charge is 0.307 e. The molecule has 2 aromatic rings. The Bertz CT molecular complexity index is 709. The molecule has 0 atom stereocenters. The first-order valence-electron chi connectivity index (χ1n) is 7.60. The highest BCUT2D eigenvalue weighted by atomic mass is 16.5. The van der Waals surface area contributed by atoms with Crippen molar-refractivity contribution in [2.75, 3.05) is 0 Å². The zero-order chi connectivity index (χ0) is 17.1. The first-order chi connectivity index (χ1) is 10.8. The number of carbonyl (C=O) groups is 1. The molecule has 0 spiro atoms. The third-order valence-electron chi connectivity index (χ3n) is 3.72. The van der Waals surface area contributed by atoms with Gasteiger partial charge in [0.1, 0.15) is 17.2 Å². The molecule has 0 aliphatic heterocycles. The molecule has 0 aliphatic rings. The molecule has 0 aliphatic carbocycles. The summed E-state index contributed by atoms with van der Waals surface area (Å²) in [4.78, 5) is 10.8. The van der Waals surface area contributed by atoms with Gasteiger partial charge in [-0.2, -0.15) is 0 Å². The van der Waals surface area contributed by atoms with Crippen LogP contribution in [0.3, 0.4) is 0 Å². The summed E-state index contributed by atoms with van der Waals surface area (Å²) in [5.41, 5.74) is 3.37. The van der Waals surface area contributed by atoms with Crippen molar-refractivity contribution in [2.45, 2.75) is 40.0 Å². The van der Waals surface area contributed by atoms with E-state index in [0.717, 1.165) is 28.0 Å². The third kappa shape index (κ3) is 4.03. The van der Waals surface area contributed by atoms with Gasteiger partial charge in [-0.1, -0.05) is 26.0 Å². The molecule has 0 saturated heterocycles. The molecule has 4 heteroatoms. The normalized spacial score (nSPS) is 10.8. The third-order valence-corrected chi connectivity index (χ3v) is 3.72. The Morgan fingerprint density at radius 3 is 2.26 bits per heavy atom. The summed E-state index contributed by atoms with van der Waals surface area (Å²) in [5, 5.41) is 18.8. The van der Waals surface area contributed by atoms with Crippen molar-refractivity contribution < 1.29 is 19.7 Å². The Kier molecular flexibility index (Phi) is 4.94. The minimum atomic E-state index is -0.849. The van der Waals surface area contributed by atoms with Crippen molar-refractivity contribution in [1.29, 1.82) is 0 Å². The summed E-state index contributed by atoms with van der Waals surface area (Å²) in [6.07, 6.45) is -0.00132. The number of phenols is 1. The Labute approximate surface area is 136 Å². The van der Waals surface area contributed by atoms with Crippen LogP contribution in [0, 0.1) is 13.8 Å². The second-order valence-corrected chi connectivity index (χ2v) is 6.11. The quantitative estimate of drug-likeness (QED) is 0.849. The number of hydrogen-bond acceptors (Lipinski definition) is 3. The lowest BCUT2D eigenvalue weighted by Crippen LogP contribution is -2.02. The fraction of sp³-hybridized carbons (Fsp3) is 0.316. The van der Waals surface area contributed by atoms with Gasteiger partial charge in [0.15, 0.2) is 0 Å². The lowest BCUT2D eigenvalue weighted by atomic mass is 10.0. The van der Waals surface area contributed by atoms with Crippen molar-refractivity contribution in [3.8, 4) is 17.2 Å². The summed E-state index contributed by atoms with van der Waals surface area (Å²) in [5.74, 6) is 0.983. The van der Waals surface area contributed by atoms with E-state index in [1.165, 1.54) is 0 Å². The number of hydrogen-bond donors (Lipinski definition) is 2. The lowest BCUT2D eigenvalue weighted by molar-refractivity contribution is -0.136. The van der Waals surface area contributed by atoms with E-state index in [2.05, 4.69) is 0 Å². The van der Waals surface area contributed by atoms with E-state index in [4.69, 9.17) is 9.84 Å². The van der Waals surface area contributed by atoms with Crippen LogP contribution in [0.4, 0.5) is 0 Å². The van der Waals surface area contributed by atoms with E-state index in [0.29, 0.717) is 5.75 Å². The molecular weight excluding hydrogens is 292 g/mol. The van der Waals surface area contributed by atoms with Gasteiger partial charge in [-0.25, -0.2) is 0 Å². The van der Waals surface area contributed by atoms with Crippen molar-refractivity contribution in [3.05, 3.63) is 52.6 Å². The van der Waals surface area contributed by atoms with Gasteiger partial charge in [0.25, 0.3) is 0 Å². The largest absolute Gasteiger partial charge is 0.508 e. The number of aliphatic carboxylic acids is 1. The zero-order valence-electron chi connectivity index (χ0n) is 13.9. The predicted octanol–water partition coefficient (Wildman–Crippen LogP) is 4.55. The molecule has 0 aromatic heterocycles. The number of phenolic OH excluding ortho intramolecular Hbond substituents is 1. The van der Waals surface area contributed by atoms with Crippen LogP contribution in [-0.2, 0) is 11.2 Å². The number of carboxylic acids is 1. The summed E-state index contributed by atoms with van der Waals surface area (Å²) in [6.45, 7) is 7.82. The van der Waals surface area contributed by atoms with Crippen LogP contribution in [-0.4, -0.2) is 16.2 Å². The minimum Gasteiger partial charge on any atom is -0.508 e. The number of benzene rings is 2. The van der Waals surface area contributed by atoms with Crippen molar-refractivity contribution in [3.63, 3.8) is 0 Å². The van der Waals surface area contributed by atoms with Gasteiger partial charge in [-0.05, 0) is 54.7 Å². The SMILES string of the molecule is Cc1cc(CC(=O)O)cc(C)c1Oc1ccc(O)c(C(C)C)c1. The maximum Gasteiger partial charge on any atom is 0.307 e. The maximum absolute atomic E-state index is 10.8. The molecule has 2 N–H and O–H groups in total. The van der Waals surface area contributed by atoms with E-state index in [9.17, 15) is 9.90 Å². The van der Waals surface area contributed by atoms with Crippen LogP contribution in [0.2, 0.25) is 0 Å². The molecule has 0 fully saturated rings. The summed E-state index contributed by atoms with van der Waals surface area (Å²) in [7, 11) is 0. The molecule has 0 saturated carbocycles. The standard InChI is InChI=1S/C19H22O4/c1-11(2)16-10-15(5-6-17(16)20)23-19-12(3)7-14(8-13(19)4)9-18(21)22/h5-8,10-11,20H,9H2,1-4H3,(H,21,22). The van der Waals surface area contributed by atoms with Crippen LogP contribution < -0.4 is 4.74 Å². The second-order valence-electron chi connectivity index (χ2n) is 6.11. The predicted molar refractivity (Wildman–Crippen MR) is 89.5 cm³/mol. The maximum atomic E-state index is 10.8. The van der Waals surface area contributed by atoms with Crippen LogP contribution in [0.1, 0.15) is 42.0 Å². The van der Waals surface area contributed by atoms with E-state index < -0.39 is 5.97 Å².